The van der Waals surface area contributed by atoms with Gasteiger partial charge in [-0.15, -0.1) is 0 Å². The monoisotopic (exact) mass is 289 g/mol. The molecule has 3 heterocycles. The van der Waals surface area contributed by atoms with Gasteiger partial charge in [0.2, 0.25) is 0 Å². The third kappa shape index (κ3) is 2.25. The summed E-state index contributed by atoms with van der Waals surface area (Å²) in [5.41, 5.74) is 0. The maximum Gasteiger partial charge on any atom is 0.282 e. The molecule has 0 aliphatic carbocycles. The molecule has 2 aliphatic heterocycles. The summed E-state index contributed by atoms with van der Waals surface area (Å²) in [7, 11) is -3.24. The maximum atomic E-state index is 12.1. The summed E-state index contributed by atoms with van der Waals surface area (Å²) in [6.45, 7) is 2.16. The van der Waals surface area contributed by atoms with E-state index in [1.165, 1.54) is 15.6 Å². The molecule has 0 N–H and O–H groups in total. The van der Waals surface area contributed by atoms with E-state index in [2.05, 4.69) is 4.98 Å². The first kappa shape index (κ1) is 12.3. The highest BCUT2D eigenvalue weighted by atomic mass is 32.2. The van der Waals surface area contributed by atoms with Gasteiger partial charge in [-0.25, -0.2) is 4.98 Å². The second kappa shape index (κ2) is 4.76. The van der Waals surface area contributed by atoms with Crippen molar-refractivity contribution in [1.29, 1.82) is 0 Å². The zero-order chi connectivity index (χ0) is 12.6. The van der Waals surface area contributed by atoms with Crippen molar-refractivity contribution >= 4 is 21.5 Å². The highest BCUT2D eigenvalue weighted by molar-refractivity contribution is 7.86. The van der Waals surface area contributed by atoms with E-state index in [1.54, 1.807) is 10.5 Å². The molecule has 0 spiro atoms. The lowest BCUT2D eigenvalue weighted by Crippen LogP contribution is -2.59. The molecular formula is C10H15N3O3S2. The number of aromatic nitrogens is 1. The van der Waals surface area contributed by atoms with Crippen LogP contribution in [0.1, 0.15) is 12.8 Å². The van der Waals surface area contributed by atoms with Gasteiger partial charge in [0.15, 0.2) is 0 Å². The van der Waals surface area contributed by atoms with Gasteiger partial charge < -0.3 is 4.74 Å². The zero-order valence-corrected chi connectivity index (χ0v) is 11.5. The molecule has 0 radical (unpaired) electrons. The average molecular weight is 289 g/mol. The Hall–Kier alpha value is -0.700. The summed E-state index contributed by atoms with van der Waals surface area (Å²) in [5, 5.41) is 2.45. The molecule has 2 fully saturated rings. The molecule has 0 saturated carbocycles. The maximum absolute atomic E-state index is 12.1. The predicted molar refractivity (Wildman–Crippen MR) is 67.8 cm³/mol. The second-order valence-electron chi connectivity index (χ2n) is 4.47. The summed E-state index contributed by atoms with van der Waals surface area (Å²) in [5.74, 6) is 0. The highest BCUT2D eigenvalue weighted by Crippen LogP contribution is 2.25. The minimum Gasteiger partial charge on any atom is -0.464 e. The number of rotatable bonds is 4. The van der Waals surface area contributed by atoms with Crippen LogP contribution in [0.15, 0.2) is 11.6 Å². The molecular weight excluding hydrogens is 274 g/mol. The van der Waals surface area contributed by atoms with Crippen molar-refractivity contribution in [3.05, 3.63) is 11.6 Å². The fourth-order valence-electron chi connectivity index (χ4n) is 2.16. The molecule has 18 heavy (non-hydrogen) atoms. The molecule has 3 rings (SSSR count). The number of thiazole rings is 1. The average Bonchev–Trinajstić information content (AvgIpc) is 2.95. The van der Waals surface area contributed by atoms with E-state index in [-0.39, 0.29) is 6.10 Å². The molecule has 6 nitrogen and oxygen atoms in total. The third-order valence-electron chi connectivity index (χ3n) is 3.21. The highest BCUT2D eigenvalue weighted by Gasteiger charge is 2.41. The van der Waals surface area contributed by atoms with Crippen LogP contribution >= 0.6 is 11.3 Å². The van der Waals surface area contributed by atoms with Gasteiger partial charge in [0.25, 0.3) is 15.4 Å². The number of ether oxygens (including phenoxy) is 1. The molecule has 1 aromatic rings. The summed E-state index contributed by atoms with van der Waals surface area (Å²) in [4.78, 5) is 4.02. The molecule has 0 bridgehead atoms. The smallest absolute Gasteiger partial charge is 0.282 e. The van der Waals surface area contributed by atoms with Crippen LogP contribution in [0.2, 0.25) is 0 Å². The quantitative estimate of drug-likeness (QED) is 0.812. The van der Waals surface area contributed by atoms with E-state index in [0.717, 1.165) is 12.8 Å². The van der Waals surface area contributed by atoms with Crippen molar-refractivity contribution in [3.63, 3.8) is 0 Å². The number of nitrogens with zero attached hydrogens (tertiary/aromatic N) is 3. The van der Waals surface area contributed by atoms with Crippen LogP contribution in [0.3, 0.4) is 0 Å². The number of hydrogen-bond donors (Lipinski definition) is 0. The van der Waals surface area contributed by atoms with E-state index < -0.39 is 10.2 Å². The molecule has 0 unspecified atom stereocenters. The molecule has 2 aliphatic rings. The van der Waals surface area contributed by atoms with Crippen LogP contribution in [-0.4, -0.2) is 54.3 Å². The number of hydrogen-bond acceptors (Lipinski definition) is 5. The SMILES string of the molecule is O=S(=O)(N1CCCC1)N1CC(Oc2nccs2)C1. The Morgan fingerprint density at radius 2 is 2.00 bits per heavy atom. The van der Waals surface area contributed by atoms with Crippen molar-refractivity contribution in [2.75, 3.05) is 26.2 Å². The Morgan fingerprint density at radius 3 is 2.61 bits per heavy atom. The lowest BCUT2D eigenvalue weighted by molar-refractivity contribution is 0.0717. The standard InChI is InChI=1S/C10H15N3O3S2/c14-18(15,12-4-1-2-5-12)13-7-9(8-13)16-10-11-3-6-17-10/h3,6,9H,1-2,4-5,7-8H2. The minimum absolute atomic E-state index is 0.0615. The van der Waals surface area contributed by atoms with E-state index in [1.807, 2.05) is 5.38 Å². The van der Waals surface area contributed by atoms with Crippen molar-refractivity contribution in [1.82, 2.24) is 13.6 Å². The fraction of sp³-hybridized carbons (Fsp3) is 0.700. The van der Waals surface area contributed by atoms with Gasteiger partial charge in [0.1, 0.15) is 6.10 Å². The largest absolute Gasteiger partial charge is 0.464 e. The lowest BCUT2D eigenvalue weighted by Gasteiger charge is -2.39. The van der Waals surface area contributed by atoms with Gasteiger partial charge in [0, 0.05) is 24.7 Å². The van der Waals surface area contributed by atoms with Crippen molar-refractivity contribution in [3.8, 4) is 5.19 Å². The summed E-state index contributed by atoms with van der Waals surface area (Å²) < 4.78 is 32.9. The summed E-state index contributed by atoms with van der Waals surface area (Å²) in [6.07, 6.45) is 3.55. The molecule has 0 atom stereocenters. The van der Waals surface area contributed by atoms with Crippen LogP contribution in [0.25, 0.3) is 0 Å². The topological polar surface area (TPSA) is 62.7 Å². The molecule has 1 aromatic heterocycles. The molecule has 8 heteroatoms. The van der Waals surface area contributed by atoms with Gasteiger partial charge in [0.05, 0.1) is 13.1 Å². The molecule has 100 valence electrons. The summed E-state index contributed by atoms with van der Waals surface area (Å²) >= 11 is 1.42. The van der Waals surface area contributed by atoms with Crippen LogP contribution in [0, 0.1) is 0 Å². The van der Waals surface area contributed by atoms with Crippen LogP contribution < -0.4 is 4.74 Å². The van der Waals surface area contributed by atoms with Gasteiger partial charge in [-0.2, -0.15) is 17.0 Å². The fourth-order valence-corrected chi connectivity index (χ4v) is 4.46. The molecule has 2 saturated heterocycles. The van der Waals surface area contributed by atoms with Crippen LogP contribution in [-0.2, 0) is 10.2 Å². The predicted octanol–water partition coefficient (Wildman–Crippen LogP) is 0.547. The molecule has 0 aromatic carbocycles. The Morgan fingerprint density at radius 1 is 1.28 bits per heavy atom. The van der Waals surface area contributed by atoms with E-state index >= 15 is 0 Å². The first-order valence-electron chi connectivity index (χ1n) is 5.97. The van der Waals surface area contributed by atoms with Gasteiger partial charge >= 0.3 is 0 Å². The van der Waals surface area contributed by atoms with Crippen molar-refractivity contribution < 1.29 is 13.2 Å². The van der Waals surface area contributed by atoms with Gasteiger partial charge in [-0.05, 0) is 12.8 Å². The van der Waals surface area contributed by atoms with Crippen molar-refractivity contribution in [2.24, 2.45) is 0 Å². The van der Waals surface area contributed by atoms with Crippen LogP contribution in [0.4, 0.5) is 0 Å². The first-order chi connectivity index (χ1) is 8.66. The lowest BCUT2D eigenvalue weighted by atomic mass is 10.2. The van der Waals surface area contributed by atoms with E-state index in [0.29, 0.717) is 31.4 Å². The Bertz CT molecular complexity index is 490. The molecule has 0 amide bonds. The van der Waals surface area contributed by atoms with Gasteiger partial charge in [-0.1, -0.05) is 11.3 Å². The minimum atomic E-state index is -3.24. The second-order valence-corrected chi connectivity index (χ2v) is 7.25. The van der Waals surface area contributed by atoms with Gasteiger partial charge in [-0.3, -0.25) is 0 Å². The van der Waals surface area contributed by atoms with Crippen LogP contribution in [0.5, 0.6) is 5.19 Å². The normalized spacial score (nSPS) is 23.1. The van der Waals surface area contributed by atoms with E-state index in [9.17, 15) is 8.42 Å². The Labute approximate surface area is 110 Å². The Balaban J connectivity index is 1.55. The summed E-state index contributed by atoms with van der Waals surface area (Å²) in [6, 6.07) is 0. The Kier molecular flexibility index (Phi) is 3.27. The first-order valence-corrected chi connectivity index (χ1v) is 8.25. The third-order valence-corrected chi connectivity index (χ3v) is 5.84. The van der Waals surface area contributed by atoms with E-state index in [4.69, 9.17) is 4.74 Å². The zero-order valence-electron chi connectivity index (χ0n) is 9.86. The van der Waals surface area contributed by atoms with Crippen molar-refractivity contribution in [2.45, 2.75) is 18.9 Å².